The lowest BCUT2D eigenvalue weighted by molar-refractivity contribution is -0.140. The molecular formula is C32H36N2O5. The number of amides is 1. The highest BCUT2D eigenvalue weighted by Gasteiger charge is 2.46. The monoisotopic (exact) mass is 528 g/mol. The van der Waals surface area contributed by atoms with Crippen molar-refractivity contribution in [2.45, 2.75) is 33.4 Å². The summed E-state index contributed by atoms with van der Waals surface area (Å²) in [5.74, 6) is -0.152. The van der Waals surface area contributed by atoms with Gasteiger partial charge in [-0.3, -0.25) is 9.59 Å². The average molecular weight is 529 g/mol. The molecule has 0 bridgehead atoms. The lowest BCUT2D eigenvalue weighted by atomic mass is 9.95. The van der Waals surface area contributed by atoms with E-state index in [1.54, 1.807) is 29.2 Å². The van der Waals surface area contributed by atoms with Crippen LogP contribution in [0, 0.1) is 0 Å². The summed E-state index contributed by atoms with van der Waals surface area (Å²) in [4.78, 5) is 30.3. The molecular weight excluding hydrogens is 492 g/mol. The molecule has 1 N–H and O–H groups in total. The number of carbonyl (C=O) groups is 2. The van der Waals surface area contributed by atoms with Crippen molar-refractivity contribution < 1.29 is 24.2 Å². The fourth-order valence-corrected chi connectivity index (χ4v) is 4.76. The van der Waals surface area contributed by atoms with Crippen LogP contribution in [-0.2, 0) is 16.2 Å². The molecule has 1 atom stereocenters. The summed E-state index contributed by atoms with van der Waals surface area (Å²) in [6.07, 6.45) is 0. The Kier molecular flexibility index (Phi) is 9.39. The number of nitrogens with zero attached hydrogens (tertiary/aromatic N) is 2. The van der Waals surface area contributed by atoms with Crippen molar-refractivity contribution in [1.29, 1.82) is 0 Å². The van der Waals surface area contributed by atoms with Crippen molar-refractivity contribution in [3.8, 4) is 11.5 Å². The average Bonchev–Trinajstić information content (AvgIpc) is 3.22. The fourth-order valence-electron chi connectivity index (χ4n) is 4.76. The molecule has 1 saturated heterocycles. The second-order valence-electron chi connectivity index (χ2n) is 9.32. The van der Waals surface area contributed by atoms with Gasteiger partial charge in [-0.15, -0.1) is 0 Å². The Hall–Kier alpha value is -4.10. The predicted molar refractivity (Wildman–Crippen MR) is 152 cm³/mol. The minimum absolute atomic E-state index is 0.0849. The van der Waals surface area contributed by atoms with Crippen LogP contribution >= 0.6 is 0 Å². The predicted octanol–water partition coefficient (Wildman–Crippen LogP) is 5.43. The van der Waals surface area contributed by atoms with Crippen LogP contribution in [0.4, 0.5) is 0 Å². The minimum atomic E-state index is -0.713. The molecule has 7 heteroatoms. The van der Waals surface area contributed by atoms with Crippen LogP contribution in [0.15, 0.2) is 84.4 Å². The number of hydrogen-bond acceptors (Lipinski definition) is 6. The first-order valence-corrected chi connectivity index (χ1v) is 13.5. The van der Waals surface area contributed by atoms with Crippen LogP contribution in [-0.4, -0.2) is 59.4 Å². The zero-order chi connectivity index (χ0) is 27.8. The third-order valence-electron chi connectivity index (χ3n) is 6.97. The molecule has 0 aliphatic carbocycles. The quantitative estimate of drug-likeness (QED) is 0.192. The number of rotatable bonds is 12. The van der Waals surface area contributed by atoms with Crippen LogP contribution in [0.5, 0.6) is 11.5 Å². The van der Waals surface area contributed by atoms with E-state index in [1.807, 2.05) is 61.5 Å². The van der Waals surface area contributed by atoms with E-state index >= 15 is 0 Å². The summed E-state index contributed by atoms with van der Waals surface area (Å²) in [7, 11) is 0. The molecule has 3 aromatic rings. The maximum Gasteiger partial charge on any atom is 0.295 e. The van der Waals surface area contributed by atoms with E-state index in [0.29, 0.717) is 43.4 Å². The van der Waals surface area contributed by atoms with Crippen LogP contribution in [0.1, 0.15) is 43.5 Å². The lowest BCUT2D eigenvalue weighted by Gasteiger charge is -2.28. The van der Waals surface area contributed by atoms with Gasteiger partial charge in [0.25, 0.3) is 11.7 Å². The molecule has 1 aliphatic rings. The molecule has 4 rings (SSSR count). The van der Waals surface area contributed by atoms with Gasteiger partial charge in [0, 0.05) is 18.7 Å². The van der Waals surface area contributed by atoms with E-state index in [1.165, 1.54) is 0 Å². The molecule has 7 nitrogen and oxygen atoms in total. The van der Waals surface area contributed by atoms with E-state index in [0.717, 1.165) is 24.2 Å². The number of ketones is 1. The van der Waals surface area contributed by atoms with Crippen molar-refractivity contribution in [1.82, 2.24) is 9.80 Å². The number of likely N-dealkylation sites (tertiary alicyclic amines) is 1. The highest BCUT2D eigenvalue weighted by atomic mass is 16.5. The fraction of sp³-hybridized carbons (Fsp3) is 0.312. The third-order valence-corrected chi connectivity index (χ3v) is 6.97. The minimum Gasteiger partial charge on any atom is -0.507 e. The van der Waals surface area contributed by atoms with E-state index in [4.69, 9.17) is 9.47 Å². The Morgan fingerprint density at radius 1 is 0.846 bits per heavy atom. The first-order chi connectivity index (χ1) is 19.0. The second kappa shape index (κ2) is 13.1. The summed E-state index contributed by atoms with van der Waals surface area (Å²) in [5.41, 5.74) is 2.32. The Morgan fingerprint density at radius 3 is 2.08 bits per heavy atom. The lowest BCUT2D eigenvalue weighted by Crippen LogP contribution is -2.38. The number of aliphatic hydroxyl groups is 1. The standard InChI is InChI=1S/C32H36N2O5/c1-4-33(5-2)20-21-34-29(24-12-16-27(17-13-24)39-22-23-10-8-7-9-11-23)28(31(36)32(34)37)30(35)25-14-18-26(19-15-25)38-6-3/h7-19,29,35H,4-6,20-22H2,1-3H3. The third kappa shape index (κ3) is 6.49. The zero-order valence-electron chi connectivity index (χ0n) is 22.8. The summed E-state index contributed by atoms with van der Waals surface area (Å²) < 4.78 is 11.4. The second-order valence-corrected chi connectivity index (χ2v) is 9.32. The van der Waals surface area contributed by atoms with Crippen LogP contribution in [0.25, 0.3) is 5.76 Å². The topological polar surface area (TPSA) is 79.3 Å². The zero-order valence-corrected chi connectivity index (χ0v) is 22.8. The molecule has 1 heterocycles. The number of aliphatic hydroxyl groups excluding tert-OH is 1. The number of ether oxygens (including phenoxy) is 2. The van der Waals surface area contributed by atoms with Gasteiger partial charge in [0.05, 0.1) is 18.2 Å². The van der Waals surface area contributed by atoms with E-state index in [9.17, 15) is 14.7 Å². The number of hydrogen-bond donors (Lipinski definition) is 1. The first-order valence-electron chi connectivity index (χ1n) is 13.5. The van der Waals surface area contributed by atoms with Gasteiger partial charge in [0.2, 0.25) is 0 Å². The number of likely N-dealkylation sites (N-methyl/N-ethyl adjacent to an activating group) is 1. The molecule has 1 fully saturated rings. The van der Waals surface area contributed by atoms with Crippen LogP contribution < -0.4 is 9.47 Å². The SMILES string of the molecule is CCOc1ccc(C(O)=C2C(=O)C(=O)N(CCN(CC)CC)C2c2ccc(OCc3ccccc3)cc2)cc1. The Labute approximate surface area is 230 Å². The summed E-state index contributed by atoms with van der Waals surface area (Å²) in [6.45, 7) is 9.64. The van der Waals surface area contributed by atoms with Gasteiger partial charge in [0.1, 0.15) is 23.9 Å². The molecule has 0 spiro atoms. The molecule has 1 unspecified atom stereocenters. The van der Waals surface area contributed by atoms with Crippen molar-refractivity contribution in [3.63, 3.8) is 0 Å². The summed E-state index contributed by atoms with van der Waals surface area (Å²) >= 11 is 0. The molecule has 204 valence electrons. The van der Waals surface area contributed by atoms with Crippen LogP contribution in [0.3, 0.4) is 0 Å². The number of benzene rings is 3. The molecule has 0 aromatic heterocycles. The molecule has 3 aromatic carbocycles. The van der Waals surface area contributed by atoms with Gasteiger partial charge >= 0.3 is 0 Å². The van der Waals surface area contributed by atoms with Gasteiger partial charge in [0.15, 0.2) is 0 Å². The van der Waals surface area contributed by atoms with Gasteiger partial charge in [-0.1, -0.05) is 56.3 Å². The van der Waals surface area contributed by atoms with E-state index in [-0.39, 0.29) is 11.3 Å². The molecule has 1 amide bonds. The number of carbonyl (C=O) groups excluding carboxylic acids is 2. The summed E-state index contributed by atoms with van der Waals surface area (Å²) in [5, 5.41) is 11.3. The van der Waals surface area contributed by atoms with Gasteiger partial charge in [-0.05, 0) is 67.5 Å². The van der Waals surface area contributed by atoms with Gasteiger partial charge < -0.3 is 24.4 Å². The Morgan fingerprint density at radius 2 is 1.46 bits per heavy atom. The maximum atomic E-state index is 13.3. The van der Waals surface area contributed by atoms with Crippen LogP contribution in [0.2, 0.25) is 0 Å². The molecule has 0 saturated carbocycles. The van der Waals surface area contributed by atoms with Crippen molar-refractivity contribution >= 4 is 17.4 Å². The molecule has 39 heavy (non-hydrogen) atoms. The Bertz CT molecular complexity index is 1280. The van der Waals surface area contributed by atoms with Crippen molar-refractivity contribution in [3.05, 3.63) is 101 Å². The van der Waals surface area contributed by atoms with Crippen molar-refractivity contribution in [2.24, 2.45) is 0 Å². The van der Waals surface area contributed by atoms with Crippen molar-refractivity contribution in [2.75, 3.05) is 32.8 Å². The summed E-state index contributed by atoms with van der Waals surface area (Å²) in [6, 6.07) is 23.4. The van der Waals surface area contributed by atoms with Gasteiger partial charge in [-0.25, -0.2) is 0 Å². The normalized spacial score (nSPS) is 16.6. The highest BCUT2D eigenvalue weighted by Crippen LogP contribution is 2.40. The smallest absolute Gasteiger partial charge is 0.295 e. The Balaban J connectivity index is 1.67. The molecule has 0 radical (unpaired) electrons. The largest absolute Gasteiger partial charge is 0.507 e. The van der Waals surface area contributed by atoms with Gasteiger partial charge in [-0.2, -0.15) is 0 Å². The molecule has 1 aliphatic heterocycles. The maximum absolute atomic E-state index is 13.3. The van der Waals surface area contributed by atoms with E-state index < -0.39 is 17.7 Å². The first kappa shape index (κ1) is 27.9. The number of Topliss-reactive ketones (excluding diaryl/α,β-unsaturated/α-hetero) is 1. The highest BCUT2D eigenvalue weighted by molar-refractivity contribution is 6.46. The van der Waals surface area contributed by atoms with E-state index in [2.05, 4.69) is 18.7 Å².